The molecule has 1 aliphatic carbocycles. The van der Waals surface area contributed by atoms with Gasteiger partial charge in [-0.15, -0.1) is 11.3 Å². The van der Waals surface area contributed by atoms with Gasteiger partial charge in [0.05, 0.1) is 40.9 Å². The Labute approximate surface area is 218 Å². The van der Waals surface area contributed by atoms with Gasteiger partial charge < -0.3 is 9.72 Å². The van der Waals surface area contributed by atoms with Crippen molar-refractivity contribution >= 4 is 33.3 Å². The second-order valence-electron chi connectivity index (χ2n) is 9.69. The van der Waals surface area contributed by atoms with Crippen LogP contribution in [0.3, 0.4) is 0 Å². The smallest absolute Gasteiger partial charge is 0.138 e. The number of ether oxygens (including phenoxy) is 1. The van der Waals surface area contributed by atoms with Crippen molar-refractivity contribution in [1.82, 2.24) is 30.1 Å². The summed E-state index contributed by atoms with van der Waals surface area (Å²) in [5.41, 5.74) is 7.24. The molecule has 7 nitrogen and oxygen atoms in total. The monoisotopic (exact) mass is 506 g/mol. The maximum absolute atomic E-state index is 6.25. The first-order valence-electron chi connectivity index (χ1n) is 12.7. The average Bonchev–Trinajstić information content (AvgIpc) is 3.66. The molecule has 0 unspecified atom stereocenters. The molecule has 0 aliphatic heterocycles. The molecule has 0 atom stereocenters. The van der Waals surface area contributed by atoms with E-state index >= 15 is 0 Å². The third kappa shape index (κ3) is 4.17. The molecule has 184 valence electrons. The van der Waals surface area contributed by atoms with E-state index in [1.54, 1.807) is 17.5 Å². The summed E-state index contributed by atoms with van der Waals surface area (Å²) in [6, 6.07) is 12.5. The summed E-state index contributed by atoms with van der Waals surface area (Å²) in [7, 11) is 0. The molecule has 37 heavy (non-hydrogen) atoms. The second kappa shape index (κ2) is 9.12. The molecule has 6 aromatic rings. The molecule has 2 N–H and O–H groups in total. The maximum atomic E-state index is 6.25. The van der Waals surface area contributed by atoms with Gasteiger partial charge in [-0.1, -0.05) is 6.42 Å². The molecule has 6 aromatic heterocycles. The van der Waals surface area contributed by atoms with Gasteiger partial charge in [-0.05, 0) is 69.0 Å². The van der Waals surface area contributed by atoms with Crippen LogP contribution in [0.5, 0.6) is 5.75 Å². The lowest BCUT2D eigenvalue weighted by molar-refractivity contribution is 0.154. The summed E-state index contributed by atoms with van der Waals surface area (Å²) in [6.07, 6.45) is 13.7. The molecule has 1 aliphatic rings. The normalized spacial score (nSPS) is 14.5. The van der Waals surface area contributed by atoms with Gasteiger partial charge in [-0.2, -0.15) is 5.10 Å². The number of thiophene rings is 1. The zero-order valence-electron chi connectivity index (χ0n) is 20.5. The minimum absolute atomic E-state index is 0.279. The van der Waals surface area contributed by atoms with Crippen LogP contribution in [0.1, 0.15) is 37.0 Å². The number of H-pyrrole nitrogens is 2. The highest BCUT2D eigenvalue weighted by Gasteiger charge is 2.18. The van der Waals surface area contributed by atoms with E-state index in [0.29, 0.717) is 0 Å². The summed E-state index contributed by atoms with van der Waals surface area (Å²) in [6.45, 7) is 2.12. The van der Waals surface area contributed by atoms with Crippen LogP contribution in [0.4, 0.5) is 0 Å². The van der Waals surface area contributed by atoms with Crippen molar-refractivity contribution in [1.29, 1.82) is 0 Å². The summed E-state index contributed by atoms with van der Waals surface area (Å²) < 4.78 is 6.25. The third-order valence-electron chi connectivity index (χ3n) is 7.08. The Balaban J connectivity index is 1.26. The van der Waals surface area contributed by atoms with Crippen molar-refractivity contribution in [3.8, 4) is 38.8 Å². The van der Waals surface area contributed by atoms with Crippen molar-refractivity contribution in [2.45, 2.75) is 45.1 Å². The van der Waals surface area contributed by atoms with Crippen molar-refractivity contribution in [2.24, 2.45) is 0 Å². The lowest BCUT2D eigenvalue weighted by Gasteiger charge is -2.22. The lowest BCUT2D eigenvalue weighted by atomic mass is 9.98. The van der Waals surface area contributed by atoms with Crippen LogP contribution < -0.4 is 4.74 Å². The van der Waals surface area contributed by atoms with E-state index in [9.17, 15) is 0 Å². The topological polar surface area (TPSA) is 92.4 Å². The van der Waals surface area contributed by atoms with Crippen LogP contribution in [0, 0.1) is 6.92 Å². The average molecular weight is 507 g/mol. The van der Waals surface area contributed by atoms with Gasteiger partial charge in [0, 0.05) is 38.7 Å². The molecule has 8 heteroatoms. The Morgan fingerprint density at radius 1 is 0.919 bits per heavy atom. The Morgan fingerprint density at radius 2 is 1.81 bits per heavy atom. The Bertz CT molecular complexity index is 1730. The van der Waals surface area contributed by atoms with Gasteiger partial charge in [-0.3, -0.25) is 15.1 Å². The second-order valence-corrected chi connectivity index (χ2v) is 11.0. The minimum Gasteiger partial charge on any atom is -0.489 e. The van der Waals surface area contributed by atoms with Gasteiger partial charge in [0.1, 0.15) is 17.0 Å². The van der Waals surface area contributed by atoms with Crippen LogP contribution in [0.2, 0.25) is 0 Å². The first-order valence-corrected chi connectivity index (χ1v) is 13.5. The Morgan fingerprint density at radius 3 is 2.68 bits per heavy atom. The Hall–Kier alpha value is -4.04. The molecular weight excluding hydrogens is 480 g/mol. The largest absolute Gasteiger partial charge is 0.489 e. The standard InChI is InChI=1S/C29H26N6OS/c1-17-7-10-27(37-17)22-15-31-16-26-21(22)12-25(32-26)29-28-24(34-35-29)9-8-23(33-28)18-11-20(14-30-13-18)36-19-5-3-2-4-6-19/h7-16,19,32H,2-6H2,1H3,(H,34,35). The van der Waals surface area contributed by atoms with Gasteiger partial charge in [0.2, 0.25) is 0 Å². The number of aromatic nitrogens is 6. The highest BCUT2D eigenvalue weighted by molar-refractivity contribution is 7.15. The quantitative estimate of drug-likeness (QED) is 0.256. The summed E-state index contributed by atoms with van der Waals surface area (Å²) in [5, 5.41) is 8.88. The predicted molar refractivity (Wildman–Crippen MR) is 148 cm³/mol. The molecular formula is C29H26N6OS. The molecule has 0 radical (unpaired) electrons. The number of rotatable bonds is 5. The van der Waals surface area contributed by atoms with Crippen molar-refractivity contribution < 1.29 is 4.74 Å². The lowest BCUT2D eigenvalue weighted by Crippen LogP contribution is -2.19. The summed E-state index contributed by atoms with van der Waals surface area (Å²) >= 11 is 1.77. The van der Waals surface area contributed by atoms with Crippen LogP contribution in [0.25, 0.3) is 55.0 Å². The number of fused-ring (bicyclic) bond motifs is 2. The first kappa shape index (κ1) is 22.2. The fourth-order valence-electron chi connectivity index (χ4n) is 5.20. The molecule has 0 spiro atoms. The van der Waals surface area contributed by atoms with Gasteiger partial charge in [0.25, 0.3) is 0 Å². The van der Waals surface area contributed by atoms with Gasteiger partial charge in [-0.25, -0.2) is 4.98 Å². The highest BCUT2D eigenvalue weighted by atomic mass is 32.1. The number of aromatic amines is 2. The molecule has 1 saturated carbocycles. The van der Waals surface area contributed by atoms with E-state index in [0.717, 1.165) is 68.7 Å². The maximum Gasteiger partial charge on any atom is 0.138 e. The van der Waals surface area contributed by atoms with E-state index in [1.165, 1.54) is 29.0 Å². The summed E-state index contributed by atoms with van der Waals surface area (Å²) in [5.74, 6) is 0.804. The van der Waals surface area contributed by atoms with Crippen molar-refractivity contribution in [2.75, 3.05) is 0 Å². The fraction of sp³-hybridized carbons (Fsp3) is 0.241. The van der Waals surface area contributed by atoms with Gasteiger partial charge in [0.15, 0.2) is 0 Å². The van der Waals surface area contributed by atoms with E-state index < -0.39 is 0 Å². The predicted octanol–water partition coefficient (Wildman–Crippen LogP) is 7.31. The van der Waals surface area contributed by atoms with Crippen LogP contribution in [0.15, 0.2) is 61.2 Å². The molecule has 7 rings (SSSR count). The van der Waals surface area contributed by atoms with Crippen LogP contribution in [-0.2, 0) is 0 Å². The molecule has 0 amide bonds. The van der Waals surface area contributed by atoms with E-state index in [2.05, 4.69) is 50.3 Å². The minimum atomic E-state index is 0.279. The fourth-order valence-corrected chi connectivity index (χ4v) is 6.09. The molecule has 0 saturated heterocycles. The van der Waals surface area contributed by atoms with E-state index in [1.807, 2.05) is 36.8 Å². The molecule has 0 bridgehead atoms. The SMILES string of the molecule is Cc1ccc(-c2cncc3[nH]c(-c4n[nH]c5ccc(-c6cncc(OC7CCCCC7)c6)nc45)cc23)s1. The first-order chi connectivity index (χ1) is 18.2. The van der Waals surface area contributed by atoms with Crippen molar-refractivity contribution in [3.05, 3.63) is 66.1 Å². The van der Waals surface area contributed by atoms with Crippen LogP contribution >= 0.6 is 11.3 Å². The zero-order valence-corrected chi connectivity index (χ0v) is 21.3. The van der Waals surface area contributed by atoms with E-state index in [4.69, 9.17) is 9.72 Å². The molecule has 6 heterocycles. The summed E-state index contributed by atoms with van der Waals surface area (Å²) in [4.78, 5) is 19.9. The van der Waals surface area contributed by atoms with Crippen LogP contribution in [-0.4, -0.2) is 36.2 Å². The number of aryl methyl sites for hydroxylation is 1. The molecule has 0 aromatic carbocycles. The number of hydrogen-bond acceptors (Lipinski definition) is 6. The van der Waals surface area contributed by atoms with Gasteiger partial charge >= 0.3 is 0 Å². The molecule has 1 fully saturated rings. The zero-order chi connectivity index (χ0) is 24.8. The number of pyridine rings is 3. The number of hydrogen-bond donors (Lipinski definition) is 2. The van der Waals surface area contributed by atoms with E-state index in [-0.39, 0.29) is 6.10 Å². The highest BCUT2D eigenvalue weighted by Crippen LogP contribution is 2.36. The number of nitrogens with zero attached hydrogens (tertiary/aromatic N) is 4. The Kier molecular flexibility index (Phi) is 5.47. The third-order valence-corrected chi connectivity index (χ3v) is 8.11. The van der Waals surface area contributed by atoms with Crippen molar-refractivity contribution in [3.63, 3.8) is 0 Å². The number of nitrogens with one attached hydrogen (secondary N) is 2.